The molecular formula is C23H31ClN6. The third-order valence-corrected chi connectivity index (χ3v) is 5.13. The number of hydrogen-bond donors (Lipinski definition) is 3. The fourth-order valence-electron chi connectivity index (χ4n) is 3.27. The molecule has 6 nitrogen and oxygen atoms in total. The molecular weight excluding hydrogens is 396 g/mol. The van der Waals surface area contributed by atoms with E-state index >= 15 is 0 Å². The zero-order valence-electron chi connectivity index (χ0n) is 17.6. The van der Waals surface area contributed by atoms with E-state index in [-0.39, 0.29) is 0 Å². The minimum atomic E-state index is 0.690. The van der Waals surface area contributed by atoms with Gasteiger partial charge >= 0.3 is 0 Å². The minimum Gasteiger partial charge on any atom is -0.384 e. The molecule has 3 aromatic rings. The summed E-state index contributed by atoms with van der Waals surface area (Å²) in [5, 5.41) is 12.0. The molecule has 2 heterocycles. The fraction of sp³-hybridized carbons (Fsp3) is 0.435. The molecule has 0 bridgehead atoms. The molecule has 0 aliphatic heterocycles. The number of nitrogens with zero attached hydrogens (tertiary/aromatic N) is 3. The normalized spacial score (nSPS) is 10.9. The van der Waals surface area contributed by atoms with E-state index in [2.05, 4.69) is 37.8 Å². The van der Waals surface area contributed by atoms with Crippen LogP contribution < -0.4 is 16.0 Å². The maximum atomic E-state index is 6.06. The van der Waals surface area contributed by atoms with Crippen LogP contribution in [-0.2, 0) is 0 Å². The third kappa shape index (κ3) is 7.02. The standard InChI is InChI=1S/C23H31ClN6/c1-2-3-4-5-6-12-28-23-29-16-11-22(30-23)27-14-7-13-25-20-10-15-26-21-17-18(24)8-9-19(20)21/h8-11,15-17H,2-7,12-14H2,1H3,(H,25,26)(H2,27,28,29,30). The number of halogens is 1. The highest BCUT2D eigenvalue weighted by Gasteiger charge is 2.03. The predicted octanol–water partition coefficient (Wildman–Crippen LogP) is 5.97. The molecule has 0 unspecified atom stereocenters. The number of rotatable bonds is 13. The van der Waals surface area contributed by atoms with Crippen LogP contribution in [0.25, 0.3) is 10.9 Å². The van der Waals surface area contributed by atoms with Gasteiger partial charge in [-0.05, 0) is 43.2 Å². The first-order valence-corrected chi connectivity index (χ1v) is 11.2. The average Bonchev–Trinajstić information content (AvgIpc) is 2.76. The van der Waals surface area contributed by atoms with Crippen LogP contribution in [-0.4, -0.2) is 34.6 Å². The van der Waals surface area contributed by atoms with Crippen LogP contribution in [0.3, 0.4) is 0 Å². The molecule has 0 fully saturated rings. The van der Waals surface area contributed by atoms with Gasteiger partial charge in [-0.25, -0.2) is 4.98 Å². The molecule has 7 heteroatoms. The second kappa shape index (κ2) is 12.2. The molecule has 0 radical (unpaired) electrons. The molecule has 30 heavy (non-hydrogen) atoms. The summed E-state index contributed by atoms with van der Waals surface area (Å²) in [5.74, 6) is 1.54. The van der Waals surface area contributed by atoms with Crippen LogP contribution in [0.5, 0.6) is 0 Å². The Morgan fingerprint density at radius 1 is 0.800 bits per heavy atom. The van der Waals surface area contributed by atoms with Gasteiger partial charge in [-0.3, -0.25) is 4.98 Å². The van der Waals surface area contributed by atoms with Crippen LogP contribution >= 0.6 is 11.6 Å². The van der Waals surface area contributed by atoms with E-state index in [1.54, 1.807) is 12.4 Å². The summed E-state index contributed by atoms with van der Waals surface area (Å²) in [4.78, 5) is 13.2. The molecule has 160 valence electrons. The van der Waals surface area contributed by atoms with Gasteiger partial charge in [-0.2, -0.15) is 4.98 Å². The molecule has 0 atom stereocenters. The average molecular weight is 427 g/mol. The number of nitrogens with one attached hydrogen (secondary N) is 3. The molecule has 1 aromatic carbocycles. The molecule has 2 aromatic heterocycles. The molecule has 0 spiro atoms. The summed E-state index contributed by atoms with van der Waals surface area (Å²) in [6.07, 6.45) is 10.9. The van der Waals surface area contributed by atoms with Crippen molar-refractivity contribution in [2.24, 2.45) is 0 Å². The summed E-state index contributed by atoms with van der Waals surface area (Å²) < 4.78 is 0. The van der Waals surface area contributed by atoms with Crippen molar-refractivity contribution in [3.8, 4) is 0 Å². The first-order chi connectivity index (χ1) is 14.8. The first-order valence-electron chi connectivity index (χ1n) is 10.8. The number of pyridine rings is 1. The van der Waals surface area contributed by atoms with Gasteiger partial charge in [0, 0.05) is 48.1 Å². The van der Waals surface area contributed by atoms with Crippen molar-refractivity contribution in [1.29, 1.82) is 0 Å². The number of fused-ring (bicyclic) bond motifs is 1. The molecule has 0 aliphatic carbocycles. The smallest absolute Gasteiger partial charge is 0.224 e. The lowest BCUT2D eigenvalue weighted by molar-refractivity contribution is 0.644. The van der Waals surface area contributed by atoms with Gasteiger partial charge in [0.25, 0.3) is 0 Å². The largest absolute Gasteiger partial charge is 0.384 e. The second-order valence-electron chi connectivity index (χ2n) is 7.33. The van der Waals surface area contributed by atoms with Crippen LogP contribution in [0.2, 0.25) is 5.02 Å². The molecule has 3 rings (SSSR count). The molecule has 0 saturated carbocycles. The first kappa shape index (κ1) is 22.1. The summed E-state index contributed by atoms with van der Waals surface area (Å²) in [6, 6.07) is 9.68. The second-order valence-corrected chi connectivity index (χ2v) is 7.77. The van der Waals surface area contributed by atoms with E-state index in [9.17, 15) is 0 Å². The molecule has 3 N–H and O–H groups in total. The minimum absolute atomic E-state index is 0.690. The third-order valence-electron chi connectivity index (χ3n) is 4.90. The van der Waals surface area contributed by atoms with Crippen molar-refractivity contribution >= 4 is 40.0 Å². The van der Waals surface area contributed by atoms with Gasteiger partial charge in [0.1, 0.15) is 5.82 Å². The lowest BCUT2D eigenvalue weighted by Gasteiger charge is -2.11. The van der Waals surface area contributed by atoms with Gasteiger partial charge in [0.05, 0.1) is 5.52 Å². The Morgan fingerprint density at radius 2 is 1.60 bits per heavy atom. The Hall–Kier alpha value is -2.60. The zero-order chi connectivity index (χ0) is 21.0. The lowest BCUT2D eigenvalue weighted by atomic mass is 10.1. The highest BCUT2D eigenvalue weighted by molar-refractivity contribution is 6.31. The Kier molecular flexibility index (Phi) is 8.97. The van der Waals surface area contributed by atoms with Gasteiger partial charge in [0.2, 0.25) is 5.95 Å². The van der Waals surface area contributed by atoms with Gasteiger partial charge < -0.3 is 16.0 Å². The van der Waals surface area contributed by atoms with Crippen molar-refractivity contribution in [3.63, 3.8) is 0 Å². The van der Waals surface area contributed by atoms with Crippen LogP contribution in [0.1, 0.15) is 45.4 Å². The fourth-order valence-corrected chi connectivity index (χ4v) is 3.44. The predicted molar refractivity (Wildman–Crippen MR) is 128 cm³/mol. The maximum absolute atomic E-state index is 6.06. The summed E-state index contributed by atoms with van der Waals surface area (Å²) in [5.41, 5.74) is 1.97. The monoisotopic (exact) mass is 426 g/mol. The number of unbranched alkanes of at least 4 members (excludes halogenated alkanes) is 4. The Balaban J connectivity index is 1.38. The Morgan fingerprint density at radius 3 is 2.50 bits per heavy atom. The van der Waals surface area contributed by atoms with Crippen LogP contribution in [0, 0.1) is 0 Å². The van der Waals surface area contributed by atoms with E-state index < -0.39 is 0 Å². The number of aromatic nitrogens is 3. The SMILES string of the molecule is CCCCCCCNc1nccc(NCCCNc2ccnc3cc(Cl)ccc23)n1. The van der Waals surface area contributed by atoms with E-state index in [4.69, 9.17) is 11.6 Å². The molecule has 0 amide bonds. The number of anilines is 3. The molecule has 0 aliphatic rings. The number of hydrogen-bond acceptors (Lipinski definition) is 6. The maximum Gasteiger partial charge on any atom is 0.224 e. The van der Waals surface area contributed by atoms with Crippen molar-refractivity contribution < 1.29 is 0 Å². The quantitative estimate of drug-likeness (QED) is 0.292. The van der Waals surface area contributed by atoms with E-state index in [0.29, 0.717) is 11.0 Å². The lowest BCUT2D eigenvalue weighted by Crippen LogP contribution is -2.11. The molecule has 0 saturated heterocycles. The van der Waals surface area contributed by atoms with Crippen LogP contribution in [0.4, 0.5) is 17.5 Å². The number of benzene rings is 1. The van der Waals surface area contributed by atoms with Crippen molar-refractivity contribution in [2.75, 3.05) is 35.6 Å². The van der Waals surface area contributed by atoms with E-state index in [1.165, 1.54) is 25.7 Å². The van der Waals surface area contributed by atoms with Crippen LogP contribution in [0.15, 0.2) is 42.7 Å². The summed E-state index contributed by atoms with van der Waals surface area (Å²) in [7, 11) is 0. The van der Waals surface area contributed by atoms with Crippen molar-refractivity contribution in [2.45, 2.75) is 45.4 Å². The van der Waals surface area contributed by atoms with E-state index in [0.717, 1.165) is 54.9 Å². The van der Waals surface area contributed by atoms with Gasteiger partial charge in [-0.1, -0.05) is 44.2 Å². The van der Waals surface area contributed by atoms with E-state index in [1.807, 2.05) is 30.3 Å². The highest BCUT2D eigenvalue weighted by atomic mass is 35.5. The topological polar surface area (TPSA) is 74.8 Å². The Labute approximate surface area is 183 Å². The van der Waals surface area contributed by atoms with Crippen molar-refractivity contribution in [1.82, 2.24) is 15.0 Å². The van der Waals surface area contributed by atoms with Gasteiger partial charge in [0.15, 0.2) is 0 Å². The summed E-state index contributed by atoms with van der Waals surface area (Å²) >= 11 is 6.06. The summed E-state index contributed by atoms with van der Waals surface area (Å²) in [6.45, 7) is 4.83. The highest BCUT2D eigenvalue weighted by Crippen LogP contribution is 2.24. The Bertz CT molecular complexity index is 917. The zero-order valence-corrected chi connectivity index (χ0v) is 18.4. The van der Waals surface area contributed by atoms with Gasteiger partial charge in [-0.15, -0.1) is 0 Å². The van der Waals surface area contributed by atoms with Crippen molar-refractivity contribution in [3.05, 3.63) is 47.7 Å².